The average Bonchev–Trinajstić information content (AvgIpc) is 2.81. The van der Waals surface area contributed by atoms with Gasteiger partial charge in [-0.1, -0.05) is 135 Å². The van der Waals surface area contributed by atoms with Gasteiger partial charge in [0.1, 0.15) is 5.60 Å². The van der Waals surface area contributed by atoms with Crippen molar-refractivity contribution < 1.29 is 5.11 Å². The van der Waals surface area contributed by atoms with E-state index in [4.69, 9.17) is 0 Å². The summed E-state index contributed by atoms with van der Waals surface area (Å²) in [7, 11) is -5.36. The van der Waals surface area contributed by atoms with Gasteiger partial charge in [-0.25, -0.2) is 0 Å². The van der Waals surface area contributed by atoms with Crippen molar-refractivity contribution in [3.63, 3.8) is 0 Å². The van der Waals surface area contributed by atoms with Gasteiger partial charge in [0.2, 0.25) is 0 Å². The molecule has 4 heteroatoms. The number of aliphatic hydroxyl groups is 1. The standard InChI is InChI=1S/C33H44OSi3/c1-11-12-22-32-23-16-13-19-26(35(2,3)4)29(23)33(34,30-24(32)17-14-20-27(30)36(5,6)7)31-25(32)18-15-21-28(31)37(8,9)10/h11,13-21,34H,1,12,22H2,2-10H3. The first-order chi connectivity index (χ1) is 17.1. The molecule has 6 rings (SSSR count). The Labute approximate surface area is 227 Å². The third kappa shape index (κ3) is 3.56. The van der Waals surface area contributed by atoms with Crippen LogP contribution in [0.5, 0.6) is 0 Å². The van der Waals surface area contributed by atoms with E-state index in [2.05, 4.69) is 126 Å². The second-order valence-corrected chi connectivity index (χ2v) is 29.5. The Kier molecular flexibility index (Phi) is 5.94. The smallest absolute Gasteiger partial charge is 0.141 e. The van der Waals surface area contributed by atoms with Gasteiger partial charge in [-0.15, -0.1) is 6.58 Å². The first kappa shape index (κ1) is 26.6. The van der Waals surface area contributed by atoms with E-state index >= 15 is 0 Å². The number of rotatable bonds is 6. The zero-order valence-electron chi connectivity index (χ0n) is 24.3. The average molecular weight is 541 g/mol. The molecule has 194 valence electrons. The largest absolute Gasteiger partial charge is 0.376 e. The van der Waals surface area contributed by atoms with Crippen LogP contribution in [0.3, 0.4) is 0 Å². The fraction of sp³-hybridized carbons (Fsp3) is 0.394. The Bertz CT molecular complexity index is 1250. The van der Waals surface area contributed by atoms with Crippen LogP contribution in [-0.2, 0) is 11.0 Å². The molecule has 3 aromatic rings. The van der Waals surface area contributed by atoms with Crippen molar-refractivity contribution in [3.05, 3.63) is 101 Å². The molecule has 3 aliphatic rings. The third-order valence-corrected chi connectivity index (χ3v) is 14.9. The minimum Gasteiger partial charge on any atom is -0.376 e. The molecule has 0 saturated heterocycles. The molecule has 0 unspecified atom stereocenters. The lowest BCUT2D eigenvalue weighted by atomic mass is 9.50. The van der Waals surface area contributed by atoms with Crippen molar-refractivity contribution in [1.29, 1.82) is 0 Å². The van der Waals surface area contributed by atoms with Gasteiger partial charge in [0.25, 0.3) is 0 Å². The van der Waals surface area contributed by atoms with E-state index < -0.39 is 29.8 Å². The lowest BCUT2D eigenvalue weighted by molar-refractivity contribution is 0.109. The van der Waals surface area contributed by atoms with Crippen LogP contribution in [0.2, 0.25) is 58.9 Å². The van der Waals surface area contributed by atoms with E-state index in [0.717, 1.165) is 12.8 Å². The molecular formula is C33H44OSi3. The number of benzene rings is 3. The van der Waals surface area contributed by atoms with E-state index in [1.165, 1.54) is 48.9 Å². The maximum Gasteiger partial charge on any atom is 0.141 e. The summed E-state index contributed by atoms with van der Waals surface area (Å²) in [5, 5.41) is 17.9. The molecule has 0 amide bonds. The van der Waals surface area contributed by atoms with Crippen molar-refractivity contribution in [2.24, 2.45) is 0 Å². The van der Waals surface area contributed by atoms with Crippen LogP contribution < -0.4 is 15.6 Å². The Hall–Kier alpha value is -1.99. The summed E-state index contributed by atoms with van der Waals surface area (Å²) >= 11 is 0. The van der Waals surface area contributed by atoms with Gasteiger partial charge in [0.15, 0.2) is 0 Å². The molecule has 3 aromatic carbocycles. The minimum atomic E-state index is -1.79. The van der Waals surface area contributed by atoms with Gasteiger partial charge < -0.3 is 5.11 Å². The zero-order chi connectivity index (χ0) is 27.2. The summed E-state index contributed by atoms with van der Waals surface area (Å²) in [6, 6.07) is 20.8. The predicted octanol–water partition coefficient (Wildman–Crippen LogP) is 6.53. The Morgan fingerprint density at radius 3 is 1.22 bits per heavy atom. The predicted molar refractivity (Wildman–Crippen MR) is 170 cm³/mol. The molecule has 0 atom stereocenters. The topological polar surface area (TPSA) is 20.2 Å². The fourth-order valence-corrected chi connectivity index (χ4v) is 12.3. The highest BCUT2D eigenvalue weighted by Gasteiger charge is 2.61. The van der Waals surface area contributed by atoms with Crippen LogP contribution in [-0.4, -0.2) is 29.3 Å². The van der Waals surface area contributed by atoms with Gasteiger partial charge in [-0.3, -0.25) is 0 Å². The summed E-state index contributed by atoms with van der Waals surface area (Å²) < 4.78 is 0. The maximum absolute atomic E-state index is 13.7. The summed E-state index contributed by atoms with van der Waals surface area (Å²) in [6.45, 7) is 26.0. The van der Waals surface area contributed by atoms with Crippen LogP contribution in [0.15, 0.2) is 67.3 Å². The second kappa shape index (κ2) is 8.25. The van der Waals surface area contributed by atoms with E-state index in [9.17, 15) is 5.11 Å². The maximum atomic E-state index is 13.7. The third-order valence-electron chi connectivity index (χ3n) is 8.81. The van der Waals surface area contributed by atoms with Crippen LogP contribution in [0.1, 0.15) is 46.2 Å². The summed E-state index contributed by atoms with van der Waals surface area (Å²) in [6.07, 6.45) is 3.98. The molecule has 3 aliphatic carbocycles. The second-order valence-electron chi connectivity index (χ2n) is 14.4. The van der Waals surface area contributed by atoms with Gasteiger partial charge in [0.05, 0.1) is 24.2 Å². The van der Waals surface area contributed by atoms with E-state index in [-0.39, 0.29) is 5.41 Å². The van der Waals surface area contributed by atoms with Crippen molar-refractivity contribution >= 4 is 39.8 Å². The summed E-state index contributed by atoms with van der Waals surface area (Å²) in [5.41, 5.74) is 6.24. The first-order valence-electron chi connectivity index (χ1n) is 13.9. The van der Waals surface area contributed by atoms with Crippen molar-refractivity contribution in [1.82, 2.24) is 0 Å². The SMILES string of the molecule is C=CCCC12c3cccc([Si](C)(C)C)c3C(O)(c3c1cccc3[Si](C)(C)C)c1c2cccc1[Si](C)(C)C. The lowest BCUT2D eigenvalue weighted by Gasteiger charge is -2.58. The van der Waals surface area contributed by atoms with E-state index in [0.29, 0.717) is 0 Å². The molecule has 1 nitrogen and oxygen atoms in total. The Morgan fingerprint density at radius 1 is 0.622 bits per heavy atom. The number of hydrogen-bond donors (Lipinski definition) is 1. The van der Waals surface area contributed by atoms with Crippen molar-refractivity contribution in [3.8, 4) is 0 Å². The molecule has 0 spiro atoms. The monoisotopic (exact) mass is 540 g/mol. The summed E-state index contributed by atoms with van der Waals surface area (Å²) in [5.74, 6) is 0. The molecule has 0 aliphatic heterocycles. The highest BCUT2D eigenvalue weighted by molar-refractivity contribution is 6.90. The number of allylic oxidation sites excluding steroid dienone is 1. The van der Waals surface area contributed by atoms with Crippen LogP contribution in [0.25, 0.3) is 0 Å². The normalized spacial score (nSPS) is 22.3. The van der Waals surface area contributed by atoms with Gasteiger partial charge in [-0.2, -0.15) is 0 Å². The Balaban J connectivity index is 2.11. The lowest BCUT2D eigenvalue weighted by Crippen LogP contribution is -2.62. The molecule has 0 radical (unpaired) electrons. The highest BCUT2D eigenvalue weighted by atomic mass is 28.3. The van der Waals surface area contributed by atoms with Crippen molar-refractivity contribution in [2.45, 2.75) is 82.8 Å². The number of hydrogen-bond acceptors (Lipinski definition) is 1. The van der Waals surface area contributed by atoms with Crippen LogP contribution >= 0.6 is 0 Å². The molecule has 1 N–H and O–H groups in total. The quantitative estimate of drug-likeness (QED) is 0.278. The molecule has 2 bridgehead atoms. The molecular weight excluding hydrogens is 497 g/mol. The van der Waals surface area contributed by atoms with Gasteiger partial charge in [0, 0.05) is 5.41 Å². The van der Waals surface area contributed by atoms with Crippen LogP contribution in [0.4, 0.5) is 0 Å². The highest BCUT2D eigenvalue weighted by Crippen LogP contribution is 2.62. The van der Waals surface area contributed by atoms with Gasteiger partial charge >= 0.3 is 0 Å². The minimum absolute atomic E-state index is 0.278. The molecule has 0 saturated carbocycles. The fourth-order valence-electron chi connectivity index (χ4n) is 7.30. The molecule has 0 heterocycles. The van der Waals surface area contributed by atoms with E-state index in [1.807, 2.05) is 0 Å². The molecule has 0 fully saturated rings. The van der Waals surface area contributed by atoms with Crippen LogP contribution in [0, 0.1) is 0 Å². The Morgan fingerprint density at radius 2 is 0.946 bits per heavy atom. The summed E-state index contributed by atoms with van der Waals surface area (Å²) in [4.78, 5) is 0. The van der Waals surface area contributed by atoms with E-state index in [1.54, 1.807) is 0 Å². The molecule has 37 heavy (non-hydrogen) atoms. The van der Waals surface area contributed by atoms with Crippen molar-refractivity contribution in [2.75, 3.05) is 0 Å². The van der Waals surface area contributed by atoms with Gasteiger partial charge in [-0.05, 0) is 46.2 Å². The molecule has 0 aromatic heterocycles. The first-order valence-corrected chi connectivity index (χ1v) is 24.4. The zero-order valence-corrected chi connectivity index (χ0v) is 27.3.